The molecule has 2 aromatic rings. The number of piperidine rings is 1. The molecule has 0 spiro atoms. The number of amides is 1. The summed E-state index contributed by atoms with van der Waals surface area (Å²) >= 11 is 0. The first kappa shape index (κ1) is 18.1. The molecule has 4 rings (SSSR count). The lowest BCUT2D eigenvalue weighted by Gasteiger charge is -2.33. The molecule has 0 radical (unpaired) electrons. The molecule has 2 aliphatic rings. The molecule has 1 atom stereocenters. The first-order valence-corrected chi connectivity index (χ1v) is 10.1. The third-order valence-corrected chi connectivity index (χ3v) is 5.84. The van der Waals surface area contributed by atoms with Crippen molar-refractivity contribution in [3.63, 3.8) is 0 Å². The van der Waals surface area contributed by atoms with Crippen LogP contribution in [0.1, 0.15) is 54.4 Å². The Bertz CT molecular complexity index is 792. The molecule has 2 aliphatic heterocycles. The minimum Gasteiger partial charge on any atom is -0.338 e. The molecular formula is C22H28N4O. The summed E-state index contributed by atoms with van der Waals surface area (Å²) in [5, 5.41) is 0. The van der Waals surface area contributed by atoms with Gasteiger partial charge in [0.2, 0.25) is 5.91 Å². The number of carbonyl (C=O) groups is 1. The Morgan fingerprint density at radius 3 is 2.85 bits per heavy atom. The van der Waals surface area contributed by atoms with E-state index in [1.54, 1.807) is 0 Å². The van der Waals surface area contributed by atoms with Crippen molar-refractivity contribution in [2.24, 2.45) is 0 Å². The van der Waals surface area contributed by atoms with Crippen LogP contribution in [-0.2, 0) is 24.2 Å². The number of nitrogens with zero attached hydrogens (tertiary/aromatic N) is 4. The molecule has 0 saturated carbocycles. The molecule has 0 unspecified atom stereocenters. The number of likely N-dealkylation sites (tertiary alicyclic amines) is 1. The van der Waals surface area contributed by atoms with Crippen molar-refractivity contribution >= 4 is 5.91 Å². The van der Waals surface area contributed by atoms with Gasteiger partial charge in [0.25, 0.3) is 0 Å². The highest BCUT2D eigenvalue weighted by Crippen LogP contribution is 2.28. The number of fused-ring (bicyclic) bond motifs is 1. The molecule has 27 heavy (non-hydrogen) atoms. The Balaban J connectivity index is 1.39. The Kier molecular flexibility index (Phi) is 5.48. The summed E-state index contributed by atoms with van der Waals surface area (Å²) in [6, 6.07) is 10.6. The number of carbonyl (C=O) groups excluding carboxylic acids is 1. The first-order chi connectivity index (χ1) is 13.2. The Hall–Kier alpha value is -2.27. The second-order valence-corrected chi connectivity index (χ2v) is 7.74. The largest absolute Gasteiger partial charge is 0.338 e. The topological polar surface area (TPSA) is 49.3 Å². The molecule has 0 N–H and O–H groups in total. The zero-order valence-corrected chi connectivity index (χ0v) is 16.1. The van der Waals surface area contributed by atoms with Gasteiger partial charge in [0.15, 0.2) is 0 Å². The lowest BCUT2D eigenvalue weighted by molar-refractivity contribution is -0.132. The molecule has 1 aromatic carbocycles. The summed E-state index contributed by atoms with van der Waals surface area (Å²) in [6.45, 7) is 2.52. The molecule has 0 bridgehead atoms. The van der Waals surface area contributed by atoms with Gasteiger partial charge >= 0.3 is 0 Å². The van der Waals surface area contributed by atoms with Gasteiger partial charge in [0.05, 0.1) is 11.7 Å². The highest BCUT2D eigenvalue weighted by Gasteiger charge is 2.26. The van der Waals surface area contributed by atoms with Crippen molar-refractivity contribution in [1.82, 2.24) is 19.8 Å². The van der Waals surface area contributed by atoms with Crippen molar-refractivity contribution in [3.05, 3.63) is 59.2 Å². The molecule has 1 fully saturated rings. The summed E-state index contributed by atoms with van der Waals surface area (Å²) < 4.78 is 0. The number of hydrogen-bond acceptors (Lipinski definition) is 4. The molecule has 1 aromatic heterocycles. The van der Waals surface area contributed by atoms with Crippen molar-refractivity contribution in [2.75, 3.05) is 20.1 Å². The molecule has 0 aliphatic carbocycles. The molecule has 3 heterocycles. The molecule has 1 amide bonds. The minimum atomic E-state index is 0.223. The van der Waals surface area contributed by atoms with Crippen LogP contribution in [0.25, 0.3) is 0 Å². The Morgan fingerprint density at radius 2 is 2.04 bits per heavy atom. The van der Waals surface area contributed by atoms with E-state index in [9.17, 15) is 4.79 Å². The smallest absolute Gasteiger partial charge is 0.223 e. The maximum atomic E-state index is 12.6. The average molecular weight is 364 g/mol. The normalized spacial score (nSPS) is 20.3. The van der Waals surface area contributed by atoms with Crippen LogP contribution in [0.3, 0.4) is 0 Å². The van der Waals surface area contributed by atoms with Gasteiger partial charge in [-0.05, 0) is 38.4 Å². The van der Waals surface area contributed by atoms with E-state index >= 15 is 0 Å². The van der Waals surface area contributed by atoms with Gasteiger partial charge in [-0.3, -0.25) is 9.69 Å². The van der Waals surface area contributed by atoms with Gasteiger partial charge in [-0.2, -0.15) is 0 Å². The number of hydrogen-bond donors (Lipinski definition) is 0. The molecule has 1 saturated heterocycles. The highest BCUT2D eigenvalue weighted by molar-refractivity contribution is 5.76. The molecule has 142 valence electrons. The van der Waals surface area contributed by atoms with Crippen molar-refractivity contribution in [2.45, 2.75) is 51.1 Å². The maximum Gasteiger partial charge on any atom is 0.223 e. The van der Waals surface area contributed by atoms with E-state index in [-0.39, 0.29) is 5.91 Å². The lowest BCUT2D eigenvalue weighted by atomic mass is 10.0. The number of rotatable bonds is 4. The third-order valence-electron chi connectivity index (χ3n) is 5.84. The third kappa shape index (κ3) is 4.19. The van der Waals surface area contributed by atoms with Crippen LogP contribution in [0.5, 0.6) is 0 Å². The van der Waals surface area contributed by atoms with Gasteiger partial charge < -0.3 is 4.90 Å². The van der Waals surface area contributed by atoms with Crippen LogP contribution in [0.4, 0.5) is 0 Å². The average Bonchev–Trinajstić information content (AvgIpc) is 2.72. The predicted molar refractivity (Wildman–Crippen MR) is 105 cm³/mol. The second-order valence-electron chi connectivity index (χ2n) is 7.74. The fourth-order valence-corrected chi connectivity index (χ4v) is 4.16. The van der Waals surface area contributed by atoms with Gasteiger partial charge in [-0.25, -0.2) is 9.97 Å². The fraction of sp³-hybridized carbons (Fsp3) is 0.500. The maximum absolute atomic E-state index is 12.6. The zero-order valence-electron chi connectivity index (χ0n) is 16.1. The van der Waals surface area contributed by atoms with E-state index in [1.165, 1.54) is 18.4 Å². The summed E-state index contributed by atoms with van der Waals surface area (Å²) in [5.74, 6) is 1.18. The van der Waals surface area contributed by atoms with E-state index in [2.05, 4.69) is 29.1 Å². The van der Waals surface area contributed by atoms with Crippen molar-refractivity contribution in [1.29, 1.82) is 0 Å². The van der Waals surface area contributed by atoms with Crippen LogP contribution < -0.4 is 0 Å². The Labute approximate surface area is 161 Å². The number of aromatic nitrogens is 2. The van der Waals surface area contributed by atoms with Crippen LogP contribution in [0, 0.1) is 0 Å². The summed E-state index contributed by atoms with van der Waals surface area (Å²) in [7, 11) is 2.17. The quantitative estimate of drug-likeness (QED) is 0.836. The molecule has 5 heteroatoms. The SMILES string of the molecule is CN1CCCC[C@H]1c1ncc2c(n1)CCN(C(=O)CCc1ccccc1)C2. The zero-order chi connectivity index (χ0) is 18.6. The Morgan fingerprint density at radius 1 is 1.19 bits per heavy atom. The predicted octanol–water partition coefficient (Wildman–Crippen LogP) is 3.15. The standard InChI is InChI=1S/C22H28N4O/c1-25-13-6-5-9-20(25)22-23-15-18-16-26(14-12-19(18)24-22)21(27)11-10-17-7-3-2-4-8-17/h2-4,7-8,15,20H,5-6,9-14,16H2,1H3/t20-/m0/s1. The van der Waals surface area contributed by atoms with Crippen molar-refractivity contribution < 1.29 is 4.79 Å². The lowest BCUT2D eigenvalue weighted by Crippen LogP contribution is -2.37. The van der Waals surface area contributed by atoms with E-state index < -0.39 is 0 Å². The van der Waals surface area contributed by atoms with E-state index in [0.29, 0.717) is 19.0 Å². The van der Waals surface area contributed by atoms with Crippen LogP contribution in [-0.4, -0.2) is 45.8 Å². The van der Waals surface area contributed by atoms with Crippen molar-refractivity contribution in [3.8, 4) is 0 Å². The minimum absolute atomic E-state index is 0.223. The molecule has 5 nitrogen and oxygen atoms in total. The first-order valence-electron chi connectivity index (χ1n) is 10.1. The van der Waals surface area contributed by atoms with Gasteiger partial charge in [-0.1, -0.05) is 36.8 Å². The van der Waals surface area contributed by atoms with E-state index in [0.717, 1.165) is 49.4 Å². The highest BCUT2D eigenvalue weighted by atomic mass is 16.2. The summed E-state index contributed by atoms with van der Waals surface area (Å²) in [4.78, 5) is 26.5. The van der Waals surface area contributed by atoms with Gasteiger partial charge in [0, 0.05) is 37.7 Å². The van der Waals surface area contributed by atoms with Gasteiger partial charge in [-0.15, -0.1) is 0 Å². The fourth-order valence-electron chi connectivity index (χ4n) is 4.16. The van der Waals surface area contributed by atoms with Gasteiger partial charge in [0.1, 0.15) is 5.82 Å². The van der Waals surface area contributed by atoms with Crippen LogP contribution >= 0.6 is 0 Å². The van der Waals surface area contributed by atoms with Crippen LogP contribution in [0.15, 0.2) is 36.5 Å². The monoisotopic (exact) mass is 364 g/mol. The van der Waals surface area contributed by atoms with Crippen LogP contribution in [0.2, 0.25) is 0 Å². The summed E-state index contributed by atoms with van der Waals surface area (Å²) in [6.07, 6.45) is 7.79. The second kappa shape index (κ2) is 8.17. The number of benzene rings is 1. The van der Waals surface area contributed by atoms with E-state index in [4.69, 9.17) is 4.98 Å². The van der Waals surface area contributed by atoms with E-state index in [1.807, 2.05) is 29.3 Å². The number of aryl methyl sites for hydroxylation is 1. The molecular weight excluding hydrogens is 336 g/mol. The summed E-state index contributed by atoms with van der Waals surface area (Å²) in [5.41, 5.74) is 3.45.